The summed E-state index contributed by atoms with van der Waals surface area (Å²) in [5.74, 6) is -0.629. The smallest absolute Gasteiger partial charge is 0.261 e. The topological polar surface area (TPSA) is 82.1 Å². The summed E-state index contributed by atoms with van der Waals surface area (Å²) >= 11 is 0. The van der Waals surface area contributed by atoms with Crippen LogP contribution in [0.3, 0.4) is 0 Å². The van der Waals surface area contributed by atoms with Gasteiger partial charge in [-0.15, -0.1) is 0 Å². The number of aliphatic hydroxyl groups excluding tert-OH is 1. The molecule has 1 N–H and O–H groups in total. The molecule has 6 atom stereocenters. The Morgan fingerprint density at radius 3 is 1.94 bits per heavy atom. The van der Waals surface area contributed by atoms with Crippen LogP contribution in [0.15, 0.2) is 138 Å². The molecule has 4 aromatic carbocycles. The van der Waals surface area contributed by atoms with E-state index >= 15 is 0 Å². The fourth-order valence-corrected chi connectivity index (χ4v) is 13.5. The molecule has 1 aliphatic heterocycles. The summed E-state index contributed by atoms with van der Waals surface area (Å²) in [5, 5.41) is 14.9. The number of rotatable bonds is 9. The van der Waals surface area contributed by atoms with E-state index in [0.717, 1.165) is 5.56 Å². The van der Waals surface area contributed by atoms with E-state index in [-0.39, 0.29) is 28.4 Å². The molecule has 2 fully saturated rings. The normalized spacial score (nSPS) is 26.6. The molecule has 0 amide bonds. The van der Waals surface area contributed by atoms with Crippen molar-refractivity contribution in [2.45, 2.75) is 68.5 Å². The molecule has 258 valence electrons. The van der Waals surface area contributed by atoms with Gasteiger partial charge in [-0.05, 0) is 39.9 Å². The Bertz CT molecular complexity index is 1760. The van der Waals surface area contributed by atoms with E-state index < -0.39 is 42.1 Å². The van der Waals surface area contributed by atoms with Crippen LogP contribution < -0.4 is 10.4 Å². The van der Waals surface area contributed by atoms with Gasteiger partial charge in [-0.2, -0.15) is 0 Å². The second kappa shape index (κ2) is 14.5. The molecule has 49 heavy (non-hydrogen) atoms. The van der Waals surface area contributed by atoms with Crippen molar-refractivity contribution in [1.82, 2.24) is 0 Å². The monoisotopic (exact) mass is 696 g/mol. The molecule has 1 heterocycles. The van der Waals surface area contributed by atoms with Gasteiger partial charge in [-0.1, -0.05) is 143 Å². The first-order chi connectivity index (χ1) is 23.5. The number of ether oxygens (including phenoxy) is 2. The minimum Gasteiger partial charge on any atom is -0.407 e. The second-order valence-corrected chi connectivity index (χ2v) is 20.7. The molecule has 6 rings (SSSR count). The second-order valence-electron chi connectivity index (χ2n) is 14.6. The van der Waals surface area contributed by atoms with E-state index in [1.165, 1.54) is 15.8 Å². The number of benzene rings is 4. The molecule has 0 aromatic heterocycles. The van der Waals surface area contributed by atoms with Gasteiger partial charge in [0.15, 0.2) is 16.1 Å². The van der Waals surface area contributed by atoms with Crippen LogP contribution in [0.5, 0.6) is 0 Å². The molecule has 2 aliphatic rings. The van der Waals surface area contributed by atoms with Crippen molar-refractivity contribution in [1.29, 1.82) is 0 Å². The SMILES string of the molecule is C[C@H]1C[C@@H](CO[Si](c2ccccc2)(c2ccccc2)C(C)(C)C)[C@]2(C[C@@H]1O)O[C@H](c1ccccc1)OC[C@@H]2/C=C/S(=O)(=O)c1ccccc1. The predicted octanol–water partition coefficient (Wildman–Crippen LogP) is 7.06. The molecular weight excluding hydrogens is 649 g/mol. The largest absolute Gasteiger partial charge is 0.407 e. The third-order valence-corrected chi connectivity index (χ3v) is 16.9. The van der Waals surface area contributed by atoms with Gasteiger partial charge in [0.25, 0.3) is 8.32 Å². The molecule has 0 radical (unpaired) electrons. The number of hydrogen-bond donors (Lipinski definition) is 1. The minimum absolute atomic E-state index is 0.00215. The van der Waals surface area contributed by atoms with Crippen molar-refractivity contribution in [2.24, 2.45) is 17.8 Å². The lowest BCUT2D eigenvalue weighted by Gasteiger charge is -2.55. The predicted molar refractivity (Wildman–Crippen MR) is 197 cm³/mol. The van der Waals surface area contributed by atoms with E-state index in [4.69, 9.17) is 13.9 Å². The summed E-state index contributed by atoms with van der Waals surface area (Å²) in [7, 11) is -6.64. The Kier molecular flexibility index (Phi) is 10.5. The number of aliphatic hydroxyl groups is 1. The summed E-state index contributed by atoms with van der Waals surface area (Å²) in [4.78, 5) is 0.226. The van der Waals surface area contributed by atoms with E-state index in [0.29, 0.717) is 19.4 Å². The molecule has 6 nitrogen and oxygen atoms in total. The Labute approximate surface area is 292 Å². The highest BCUT2D eigenvalue weighted by Crippen LogP contribution is 2.51. The lowest BCUT2D eigenvalue weighted by molar-refractivity contribution is -0.314. The van der Waals surface area contributed by atoms with Crippen molar-refractivity contribution in [2.75, 3.05) is 13.2 Å². The molecular formula is C41H48O6SSi. The quantitative estimate of drug-likeness (QED) is 0.189. The van der Waals surface area contributed by atoms with Crippen molar-refractivity contribution in [3.05, 3.63) is 138 Å². The Hall–Kier alpha value is -3.37. The molecule has 4 aromatic rings. The van der Waals surface area contributed by atoms with E-state index in [1.807, 2.05) is 42.5 Å². The van der Waals surface area contributed by atoms with Gasteiger partial charge < -0.3 is 19.0 Å². The molecule has 1 saturated heterocycles. The van der Waals surface area contributed by atoms with Crippen molar-refractivity contribution < 1.29 is 27.4 Å². The lowest BCUT2D eigenvalue weighted by atomic mass is 9.64. The minimum atomic E-state index is -3.73. The average Bonchev–Trinajstić information content (AvgIpc) is 3.11. The van der Waals surface area contributed by atoms with Gasteiger partial charge in [0.1, 0.15) is 0 Å². The van der Waals surface area contributed by atoms with Crippen LogP contribution >= 0.6 is 0 Å². The van der Waals surface area contributed by atoms with Crippen molar-refractivity contribution in [3.63, 3.8) is 0 Å². The molecule has 1 aliphatic carbocycles. The first-order valence-corrected chi connectivity index (χ1v) is 20.7. The molecule has 0 bridgehead atoms. The Balaban J connectivity index is 1.44. The maximum atomic E-state index is 13.5. The fraction of sp³-hybridized carbons (Fsp3) is 0.366. The zero-order valence-corrected chi connectivity index (χ0v) is 30.6. The summed E-state index contributed by atoms with van der Waals surface area (Å²) in [5.41, 5.74) is -0.0836. The Morgan fingerprint density at radius 1 is 0.857 bits per heavy atom. The fourth-order valence-electron chi connectivity index (χ4n) is 7.83. The van der Waals surface area contributed by atoms with Crippen LogP contribution in [0.2, 0.25) is 5.04 Å². The summed E-state index contributed by atoms with van der Waals surface area (Å²) in [6.45, 7) is 9.47. The van der Waals surface area contributed by atoms with E-state index in [2.05, 4.69) is 76.2 Å². The van der Waals surface area contributed by atoms with Gasteiger partial charge in [0, 0.05) is 35.8 Å². The lowest BCUT2D eigenvalue weighted by Crippen LogP contribution is -2.68. The molecule has 1 spiro atoms. The average molecular weight is 697 g/mol. The summed E-state index contributed by atoms with van der Waals surface area (Å²) in [6, 6.07) is 39.4. The van der Waals surface area contributed by atoms with Crippen LogP contribution in [0.1, 0.15) is 52.4 Å². The molecule has 1 saturated carbocycles. The Morgan fingerprint density at radius 2 is 1.39 bits per heavy atom. The maximum absolute atomic E-state index is 13.5. The summed E-state index contributed by atoms with van der Waals surface area (Å²) < 4.78 is 47.9. The highest BCUT2D eigenvalue weighted by Gasteiger charge is 2.57. The molecule has 8 heteroatoms. The van der Waals surface area contributed by atoms with Crippen LogP contribution in [-0.4, -0.2) is 46.8 Å². The third-order valence-electron chi connectivity index (χ3n) is 10.5. The van der Waals surface area contributed by atoms with Crippen molar-refractivity contribution >= 4 is 28.5 Å². The van der Waals surface area contributed by atoms with Crippen LogP contribution in [0.25, 0.3) is 0 Å². The third kappa shape index (κ3) is 7.13. The van der Waals surface area contributed by atoms with Crippen molar-refractivity contribution in [3.8, 4) is 0 Å². The number of sulfone groups is 1. The highest BCUT2D eigenvalue weighted by molar-refractivity contribution is 7.94. The van der Waals surface area contributed by atoms with Crippen LogP contribution in [0, 0.1) is 17.8 Å². The van der Waals surface area contributed by atoms with E-state index in [9.17, 15) is 13.5 Å². The van der Waals surface area contributed by atoms with E-state index in [1.54, 1.807) is 36.4 Å². The standard InChI is InChI=1S/C41H48O6SSi/c1-31-27-34(30-46-49(40(2,3)4,36-21-13-7-14-22-36)37-23-15-8-16-24-37)41(28-38(31)42)33(25-26-48(43,44)35-19-11-6-12-20-35)29-45-39(47-41)32-17-9-5-10-18-32/h5-26,31,33-34,38-39,42H,27-30H2,1-4H3/b26-25+/t31-,33-,34-,38-,39+,41+/m0/s1. The zero-order chi connectivity index (χ0) is 34.7. The van der Waals surface area contributed by atoms with Gasteiger partial charge in [-0.25, -0.2) is 8.42 Å². The van der Waals surface area contributed by atoms with Crippen LogP contribution in [0.4, 0.5) is 0 Å². The molecule has 0 unspecified atom stereocenters. The van der Waals surface area contributed by atoms with Gasteiger partial charge in [-0.3, -0.25) is 0 Å². The highest BCUT2D eigenvalue weighted by atomic mass is 32.2. The number of hydrogen-bond acceptors (Lipinski definition) is 6. The maximum Gasteiger partial charge on any atom is 0.261 e. The summed E-state index contributed by atoms with van der Waals surface area (Å²) in [6.07, 6.45) is 1.39. The zero-order valence-electron chi connectivity index (χ0n) is 28.8. The van der Waals surface area contributed by atoms with Crippen LogP contribution in [-0.2, 0) is 23.7 Å². The van der Waals surface area contributed by atoms with Gasteiger partial charge >= 0.3 is 0 Å². The first kappa shape index (κ1) is 35.5. The first-order valence-electron chi connectivity index (χ1n) is 17.2. The van der Waals surface area contributed by atoms with Gasteiger partial charge in [0.2, 0.25) is 0 Å². The van der Waals surface area contributed by atoms with Gasteiger partial charge in [0.05, 0.1) is 23.2 Å².